The van der Waals surface area contributed by atoms with Gasteiger partial charge in [-0.05, 0) is 32.6 Å². The number of rotatable bonds is 8. The molecule has 1 heterocycles. The first-order chi connectivity index (χ1) is 9.88. The van der Waals surface area contributed by atoms with Crippen LogP contribution < -0.4 is 11.1 Å². The van der Waals surface area contributed by atoms with Gasteiger partial charge in [0.15, 0.2) is 0 Å². The van der Waals surface area contributed by atoms with Gasteiger partial charge in [0.1, 0.15) is 0 Å². The maximum Gasteiger partial charge on any atom is 0.306 e. The fourth-order valence-electron chi connectivity index (χ4n) is 2.56. The molecular formula is C15H29N3O3. The summed E-state index contributed by atoms with van der Waals surface area (Å²) >= 11 is 0. The average Bonchev–Trinajstić information content (AvgIpc) is 2.41. The molecule has 0 radical (unpaired) electrons. The first kappa shape index (κ1) is 17.9. The number of likely N-dealkylation sites (tertiary alicyclic amines) is 1. The number of carboxylic acids is 1. The molecule has 0 aromatic heterocycles. The second kappa shape index (κ2) is 9.00. The van der Waals surface area contributed by atoms with Crippen LogP contribution in [0.1, 0.15) is 46.0 Å². The zero-order valence-electron chi connectivity index (χ0n) is 13.2. The van der Waals surface area contributed by atoms with Gasteiger partial charge in [0, 0.05) is 25.2 Å². The van der Waals surface area contributed by atoms with Gasteiger partial charge in [-0.25, -0.2) is 0 Å². The first-order valence-corrected chi connectivity index (χ1v) is 7.88. The van der Waals surface area contributed by atoms with Crippen LogP contribution in [-0.2, 0) is 9.59 Å². The van der Waals surface area contributed by atoms with Gasteiger partial charge in [0.25, 0.3) is 0 Å². The fourth-order valence-corrected chi connectivity index (χ4v) is 2.56. The van der Waals surface area contributed by atoms with Crippen LogP contribution in [0.3, 0.4) is 0 Å². The SMILES string of the molecule is CC(CCCC(C)C(=O)O)NC(=O)CN1CCC(N)CC1. The van der Waals surface area contributed by atoms with Crippen molar-refractivity contribution in [2.45, 2.75) is 58.0 Å². The minimum absolute atomic E-state index is 0.0456. The van der Waals surface area contributed by atoms with E-state index in [-0.39, 0.29) is 23.9 Å². The molecule has 21 heavy (non-hydrogen) atoms. The van der Waals surface area contributed by atoms with E-state index in [4.69, 9.17) is 10.8 Å². The molecule has 1 aliphatic rings. The lowest BCUT2D eigenvalue weighted by molar-refractivity contribution is -0.141. The summed E-state index contributed by atoms with van der Waals surface area (Å²) in [5.41, 5.74) is 5.84. The minimum atomic E-state index is -0.755. The van der Waals surface area contributed by atoms with E-state index < -0.39 is 5.97 Å². The number of nitrogens with one attached hydrogen (secondary N) is 1. The smallest absolute Gasteiger partial charge is 0.306 e. The zero-order chi connectivity index (χ0) is 15.8. The molecule has 1 aliphatic heterocycles. The van der Waals surface area contributed by atoms with Crippen molar-refractivity contribution in [3.05, 3.63) is 0 Å². The summed E-state index contributed by atoms with van der Waals surface area (Å²) in [5, 5.41) is 11.8. The fraction of sp³-hybridized carbons (Fsp3) is 0.867. The quantitative estimate of drug-likeness (QED) is 0.616. The van der Waals surface area contributed by atoms with Gasteiger partial charge in [-0.15, -0.1) is 0 Å². The van der Waals surface area contributed by atoms with Crippen LogP contribution in [0.15, 0.2) is 0 Å². The number of hydrogen-bond acceptors (Lipinski definition) is 4. The number of piperidine rings is 1. The number of carboxylic acid groups (broad SMARTS) is 1. The van der Waals surface area contributed by atoms with E-state index in [0.717, 1.165) is 38.8 Å². The molecule has 2 unspecified atom stereocenters. The monoisotopic (exact) mass is 299 g/mol. The Bertz CT molecular complexity index is 341. The van der Waals surface area contributed by atoms with Gasteiger partial charge in [0.05, 0.1) is 12.5 Å². The third-order valence-electron chi connectivity index (χ3n) is 4.10. The number of amides is 1. The van der Waals surface area contributed by atoms with Crippen LogP contribution >= 0.6 is 0 Å². The van der Waals surface area contributed by atoms with Crippen molar-refractivity contribution in [2.75, 3.05) is 19.6 Å². The molecule has 0 aromatic rings. The van der Waals surface area contributed by atoms with Gasteiger partial charge in [-0.3, -0.25) is 14.5 Å². The summed E-state index contributed by atoms with van der Waals surface area (Å²) in [6.07, 6.45) is 4.19. The predicted octanol–water partition coefficient (Wildman–Crippen LogP) is 0.805. The van der Waals surface area contributed by atoms with Crippen LogP contribution in [0.2, 0.25) is 0 Å². The highest BCUT2D eigenvalue weighted by Crippen LogP contribution is 2.10. The van der Waals surface area contributed by atoms with Gasteiger partial charge >= 0.3 is 5.97 Å². The Hall–Kier alpha value is -1.14. The van der Waals surface area contributed by atoms with E-state index in [0.29, 0.717) is 13.0 Å². The Balaban J connectivity index is 2.14. The Labute approximate surface area is 127 Å². The lowest BCUT2D eigenvalue weighted by Crippen LogP contribution is -2.46. The number of aliphatic carboxylic acids is 1. The second-order valence-electron chi connectivity index (χ2n) is 6.25. The lowest BCUT2D eigenvalue weighted by Gasteiger charge is -2.29. The van der Waals surface area contributed by atoms with Crippen molar-refractivity contribution in [3.8, 4) is 0 Å². The number of hydrogen-bond donors (Lipinski definition) is 3. The molecule has 122 valence electrons. The summed E-state index contributed by atoms with van der Waals surface area (Å²) < 4.78 is 0. The molecule has 1 rings (SSSR count). The third-order valence-corrected chi connectivity index (χ3v) is 4.10. The minimum Gasteiger partial charge on any atom is -0.481 e. The zero-order valence-corrected chi connectivity index (χ0v) is 13.2. The largest absolute Gasteiger partial charge is 0.481 e. The summed E-state index contributed by atoms with van der Waals surface area (Å²) in [7, 11) is 0. The molecular weight excluding hydrogens is 270 g/mol. The van der Waals surface area contributed by atoms with Gasteiger partial charge in [-0.2, -0.15) is 0 Å². The molecule has 1 fully saturated rings. The van der Waals surface area contributed by atoms with E-state index in [2.05, 4.69) is 10.2 Å². The second-order valence-corrected chi connectivity index (χ2v) is 6.25. The molecule has 2 atom stereocenters. The standard InChI is InChI=1S/C15H29N3O3/c1-11(15(20)21)4-3-5-12(2)17-14(19)10-18-8-6-13(16)7-9-18/h11-13H,3-10,16H2,1-2H3,(H,17,19)(H,20,21). The summed E-state index contributed by atoms with van der Waals surface area (Å²) in [5.74, 6) is -1.02. The molecule has 0 spiro atoms. The number of nitrogens with zero attached hydrogens (tertiary/aromatic N) is 1. The van der Waals surface area contributed by atoms with Crippen molar-refractivity contribution in [2.24, 2.45) is 11.7 Å². The third kappa shape index (κ3) is 7.43. The maximum atomic E-state index is 11.9. The van der Waals surface area contributed by atoms with Crippen LogP contribution in [0.5, 0.6) is 0 Å². The normalized spacial score (nSPS) is 20.0. The molecule has 1 saturated heterocycles. The van der Waals surface area contributed by atoms with E-state index in [9.17, 15) is 9.59 Å². The van der Waals surface area contributed by atoms with E-state index in [1.807, 2.05) is 6.92 Å². The summed E-state index contributed by atoms with van der Waals surface area (Å²) in [6, 6.07) is 0.366. The molecule has 4 N–H and O–H groups in total. The van der Waals surface area contributed by atoms with E-state index >= 15 is 0 Å². The summed E-state index contributed by atoms with van der Waals surface area (Å²) in [4.78, 5) is 24.8. The van der Waals surface area contributed by atoms with Crippen molar-refractivity contribution in [1.29, 1.82) is 0 Å². The average molecular weight is 299 g/mol. The lowest BCUT2D eigenvalue weighted by atomic mass is 10.0. The molecule has 0 saturated carbocycles. The molecule has 6 nitrogen and oxygen atoms in total. The van der Waals surface area contributed by atoms with Crippen molar-refractivity contribution >= 4 is 11.9 Å². The van der Waals surface area contributed by atoms with Crippen molar-refractivity contribution in [1.82, 2.24) is 10.2 Å². The van der Waals surface area contributed by atoms with E-state index in [1.54, 1.807) is 6.92 Å². The van der Waals surface area contributed by atoms with Crippen LogP contribution in [0, 0.1) is 5.92 Å². The molecule has 1 amide bonds. The van der Waals surface area contributed by atoms with Crippen molar-refractivity contribution in [3.63, 3.8) is 0 Å². The Morgan fingerprint density at radius 3 is 2.48 bits per heavy atom. The predicted molar refractivity (Wildman–Crippen MR) is 81.9 cm³/mol. The van der Waals surface area contributed by atoms with Crippen LogP contribution in [-0.4, -0.2) is 53.6 Å². The van der Waals surface area contributed by atoms with E-state index in [1.165, 1.54) is 0 Å². The maximum absolute atomic E-state index is 11.9. The molecule has 6 heteroatoms. The number of carbonyl (C=O) groups excluding carboxylic acids is 1. The molecule has 0 aliphatic carbocycles. The van der Waals surface area contributed by atoms with Gasteiger partial charge in [-0.1, -0.05) is 13.3 Å². The highest BCUT2D eigenvalue weighted by molar-refractivity contribution is 5.78. The van der Waals surface area contributed by atoms with Crippen LogP contribution in [0.4, 0.5) is 0 Å². The van der Waals surface area contributed by atoms with Crippen LogP contribution in [0.25, 0.3) is 0 Å². The molecule has 0 bridgehead atoms. The number of carbonyl (C=O) groups is 2. The van der Waals surface area contributed by atoms with Gasteiger partial charge < -0.3 is 16.2 Å². The highest BCUT2D eigenvalue weighted by atomic mass is 16.4. The van der Waals surface area contributed by atoms with Crippen molar-refractivity contribution < 1.29 is 14.7 Å². The number of nitrogens with two attached hydrogens (primary N) is 1. The molecule has 0 aromatic carbocycles. The highest BCUT2D eigenvalue weighted by Gasteiger charge is 2.19. The Kier molecular flexibility index (Phi) is 7.67. The topological polar surface area (TPSA) is 95.7 Å². The van der Waals surface area contributed by atoms with Gasteiger partial charge in [0.2, 0.25) is 5.91 Å². The Morgan fingerprint density at radius 1 is 1.29 bits per heavy atom. The first-order valence-electron chi connectivity index (χ1n) is 7.88. The summed E-state index contributed by atoms with van der Waals surface area (Å²) in [6.45, 7) is 5.89. The Morgan fingerprint density at radius 2 is 1.90 bits per heavy atom.